The molecule has 1 rings (SSSR count). The van der Waals surface area contributed by atoms with Crippen molar-refractivity contribution in [1.29, 1.82) is 0 Å². The minimum atomic E-state index is -0.572. The van der Waals surface area contributed by atoms with E-state index >= 15 is 0 Å². The first-order valence-electron chi connectivity index (χ1n) is 3.65. The van der Waals surface area contributed by atoms with E-state index in [2.05, 4.69) is 15.6 Å². The lowest BCUT2D eigenvalue weighted by atomic mass is 10.3. The Morgan fingerprint density at radius 2 is 2.58 bits per heavy atom. The van der Waals surface area contributed by atoms with Gasteiger partial charge in [0.2, 0.25) is 0 Å². The largest absolute Gasteiger partial charge is 0.432 e. The lowest BCUT2D eigenvalue weighted by Gasteiger charge is -2.10. The van der Waals surface area contributed by atoms with Crippen LogP contribution in [-0.2, 0) is 9.47 Å². The normalized spacial score (nSPS) is 22.2. The second kappa shape index (κ2) is 5.18. The standard InChI is InChI=1S/C6H11ClN2O3/c7-4-12-6(10)9-8-5-1-2-11-3-5/h5,8H,1-4H2,(H,9,10). The van der Waals surface area contributed by atoms with Gasteiger partial charge in [0.05, 0.1) is 12.6 Å². The van der Waals surface area contributed by atoms with Gasteiger partial charge in [-0.1, -0.05) is 11.6 Å². The lowest BCUT2D eigenvalue weighted by molar-refractivity contribution is 0.153. The Morgan fingerprint density at radius 3 is 3.17 bits per heavy atom. The summed E-state index contributed by atoms with van der Waals surface area (Å²) in [5.74, 6) is 0. The third-order valence-electron chi connectivity index (χ3n) is 1.49. The minimum Gasteiger partial charge on any atom is -0.432 e. The number of rotatable bonds is 3. The maximum Gasteiger partial charge on any atom is 0.422 e. The van der Waals surface area contributed by atoms with E-state index in [9.17, 15) is 4.79 Å². The van der Waals surface area contributed by atoms with E-state index in [1.165, 1.54) is 0 Å². The van der Waals surface area contributed by atoms with Gasteiger partial charge in [-0.05, 0) is 6.42 Å². The number of carbonyl (C=O) groups excluding carboxylic acids is 1. The Hall–Kier alpha value is -0.520. The second-order valence-electron chi connectivity index (χ2n) is 2.37. The van der Waals surface area contributed by atoms with Crippen molar-refractivity contribution < 1.29 is 14.3 Å². The zero-order chi connectivity index (χ0) is 8.81. The van der Waals surface area contributed by atoms with Crippen molar-refractivity contribution in [2.45, 2.75) is 12.5 Å². The van der Waals surface area contributed by atoms with Crippen molar-refractivity contribution in [2.75, 3.05) is 19.3 Å². The first-order chi connectivity index (χ1) is 5.83. The Balaban J connectivity index is 2.03. The van der Waals surface area contributed by atoms with E-state index in [1.807, 2.05) is 0 Å². The number of halogens is 1. The van der Waals surface area contributed by atoms with Gasteiger partial charge in [-0.15, -0.1) is 0 Å². The van der Waals surface area contributed by atoms with E-state index in [1.54, 1.807) is 0 Å². The molecular weight excluding hydrogens is 184 g/mol. The molecule has 0 aliphatic carbocycles. The number of carbonyl (C=O) groups is 1. The third-order valence-corrected chi connectivity index (χ3v) is 1.60. The molecule has 70 valence electrons. The van der Waals surface area contributed by atoms with Gasteiger partial charge in [-0.3, -0.25) is 5.43 Å². The lowest BCUT2D eigenvalue weighted by Crippen LogP contribution is -2.44. The molecule has 1 atom stereocenters. The zero-order valence-corrected chi connectivity index (χ0v) is 7.26. The van der Waals surface area contributed by atoms with Crippen LogP contribution in [0.1, 0.15) is 6.42 Å². The Bertz CT molecular complexity index is 150. The van der Waals surface area contributed by atoms with Gasteiger partial charge in [0.1, 0.15) is 0 Å². The molecule has 1 aliphatic rings. The molecule has 5 nitrogen and oxygen atoms in total. The number of hydrogen-bond acceptors (Lipinski definition) is 4. The number of hydrazine groups is 1. The van der Waals surface area contributed by atoms with Crippen LogP contribution < -0.4 is 10.9 Å². The van der Waals surface area contributed by atoms with Gasteiger partial charge >= 0.3 is 6.09 Å². The fourth-order valence-electron chi connectivity index (χ4n) is 0.895. The van der Waals surface area contributed by atoms with Crippen molar-refractivity contribution in [2.24, 2.45) is 0 Å². The van der Waals surface area contributed by atoms with Crippen LogP contribution in [0.3, 0.4) is 0 Å². The molecule has 1 amide bonds. The SMILES string of the molecule is O=C(NNC1CCOC1)OCCl. The van der Waals surface area contributed by atoms with Gasteiger partial charge in [0.15, 0.2) is 6.07 Å². The summed E-state index contributed by atoms with van der Waals surface area (Å²) < 4.78 is 9.48. The quantitative estimate of drug-likeness (QED) is 0.498. The van der Waals surface area contributed by atoms with Crippen molar-refractivity contribution >= 4 is 17.7 Å². The van der Waals surface area contributed by atoms with Crippen molar-refractivity contribution in [1.82, 2.24) is 10.9 Å². The van der Waals surface area contributed by atoms with Crippen LogP contribution in [-0.4, -0.2) is 31.4 Å². The number of alkyl halides is 1. The summed E-state index contributed by atoms with van der Waals surface area (Å²) in [5.41, 5.74) is 5.11. The van der Waals surface area contributed by atoms with Crippen LogP contribution in [0.4, 0.5) is 4.79 Å². The summed E-state index contributed by atoms with van der Waals surface area (Å²) in [7, 11) is 0. The van der Waals surface area contributed by atoms with E-state index in [-0.39, 0.29) is 12.1 Å². The van der Waals surface area contributed by atoms with Crippen LogP contribution >= 0.6 is 11.6 Å². The predicted octanol–water partition coefficient (Wildman–Crippen LogP) is 0.202. The summed E-state index contributed by atoms with van der Waals surface area (Å²) in [6, 6.07) is 0.0298. The van der Waals surface area contributed by atoms with E-state index in [4.69, 9.17) is 16.3 Å². The smallest absolute Gasteiger partial charge is 0.422 e. The van der Waals surface area contributed by atoms with Gasteiger partial charge in [0, 0.05) is 6.61 Å². The highest BCUT2D eigenvalue weighted by Crippen LogP contribution is 2.01. The maximum absolute atomic E-state index is 10.7. The molecular formula is C6H11ClN2O3. The molecule has 1 fully saturated rings. The predicted molar refractivity (Wildman–Crippen MR) is 42.7 cm³/mol. The minimum absolute atomic E-state index is 0.144. The third kappa shape index (κ3) is 3.25. The molecule has 0 radical (unpaired) electrons. The van der Waals surface area contributed by atoms with Crippen LogP contribution in [0.5, 0.6) is 0 Å². The highest BCUT2D eigenvalue weighted by Gasteiger charge is 2.15. The van der Waals surface area contributed by atoms with Crippen LogP contribution in [0.2, 0.25) is 0 Å². The summed E-state index contributed by atoms with van der Waals surface area (Å²) in [5, 5.41) is 0. The summed E-state index contributed by atoms with van der Waals surface area (Å²) in [6.45, 7) is 1.34. The van der Waals surface area contributed by atoms with E-state index in [0.29, 0.717) is 6.61 Å². The zero-order valence-electron chi connectivity index (χ0n) is 6.51. The molecule has 0 aromatic carbocycles. The molecule has 0 aromatic rings. The topological polar surface area (TPSA) is 59.6 Å². The summed E-state index contributed by atoms with van der Waals surface area (Å²) in [6.07, 6.45) is 0.318. The van der Waals surface area contributed by atoms with Crippen LogP contribution in [0, 0.1) is 0 Å². The Labute approximate surface area is 75.3 Å². The van der Waals surface area contributed by atoms with Gasteiger partial charge in [-0.2, -0.15) is 0 Å². The fraction of sp³-hybridized carbons (Fsp3) is 0.833. The first kappa shape index (κ1) is 9.57. The highest BCUT2D eigenvalue weighted by atomic mass is 35.5. The maximum atomic E-state index is 10.7. The molecule has 12 heavy (non-hydrogen) atoms. The Kier molecular flexibility index (Phi) is 4.13. The second-order valence-corrected chi connectivity index (χ2v) is 2.59. The van der Waals surface area contributed by atoms with Crippen LogP contribution in [0.15, 0.2) is 0 Å². The van der Waals surface area contributed by atoms with Gasteiger partial charge < -0.3 is 9.47 Å². The molecule has 1 unspecified atom stereocenters. The fourth-order valence-corrected chi connectivity index (χ4v) is 0.994. The number of amides is 1. The number of hydrogen-bond donors (Lipinski definition) is 2. The molecule has 2 N–H and O–H groups in total. The van der Waals surface area contributed by atoms with Gasteiger partial charge in [-0.25, -0.2) is 10.2 Å². The molecule has 0 saturated carbocycles. The monoisotopic (exact) mass is 194 g/mol. The summed E-state index contributed by atoms with van der Waals surface area (Å²) in [4.78, 5) is 10.7. The average molecular weight is 195 g/mol. The molecule has 1 aliphatic heterocycles. The molecule has 0 bridgehead atoms. The Morgan fingerprint density at radius 1 is 1.75 bits per heavy atom. The molecule has 0 aromatic heterocycles. The van der Waals surface area contributed by atoms with E-state index in [0.717, 1.165) is 13.0 Å². The van der Waals surface area contributed by atoms with Crippen LogP contribution in [0.25, 0.3) is 0 Å². The number of ether oxygens (including phenoxy) is 2. The summed E-state index contributed by atoms with van der Waals surface area (Å²) >= 11 is 5.16. The molecule has 1 heterocycles. The highest BCUT2D eigenvalue weighted by molar-refractivity contribution is 6.17. The van der Waals surface area contributed by atoms with Crippen molar-refractivity contribution in [3.05, 3.63) is 0 Å². The van der Waals surface area contributed by atoms with Gasteiger partial charge in [0.25, 0.3) is 0 Å². The molecule has 0 spiro atoms. The first-order valence-corrected chi connectivity index (χ1v) is 4.18. The van der Waals surface area contributed by atoms with E-state index < -0.39 is 6.09 Å². The molecule has 6 heteroatoms. The average Bonchev–Trinajstić information content (AvgIpc) is 2.53. The van der Waals surface area contributed by atoms with Crippen molar-refractivity contribution in [3.63, 3.8) is 0 Å². The molecule has 1 saturated heterocycles. The van der Waals surface area contributed by atoms with Crippen molar-refractivity contribution in [3.8, 4) is 0 Å². The number of nitrogens with one attached hydrogen (secondary N) is 2.